The number of hydrogen-bond acceptors (Lipinski definition) is 5. The van der Waals surface area contributed by atoms with Gasteiger partial charge in [0.2, 0.25) is 5.91 Å². The van der Waals surface area contributed by atoms with Crippen LogP contribution in [0.4, 0.5) is 0 Å². The first-order chi connectivity index (χ1) is 8.65. The van der Waals surface area contributed by atoms with Gasteiger partial charge in [-0.15, -0.1) is 0 Å². The van der Waals surface area contributed by atoms with E-state index in [9.17, 15) is 14.4 Å². The van der Waals surface area contributed by atoms with Crippen molar-refractivity contribution in [3.8, 4) is 0 Å². The van der Waals surface area contributed by atoms with Crippen molar-refractivity contribution < 1.29 is 19.1 Å². The van der Waals surface area contributed by atoms with Crippen LogP contribution in [0.1, 0.15) is 41.0 Å². The number of piperidine rings is 1. The lowest BCUT2D eigenvalue weighted by atomic mass is 9.80. The molecule has 110 valence electrons. The molecule has 1 atom stereocenters. The summed E-state index contributed by atoms with van der Waals surface area (Å²) in [5, 5.41) is 6.32. The molecule has 1 saturated heterocycles. The number of esters is 2. The Morgan fingerprint density at radius 1 is 1.16 bits per heavy atom. The van der Waals surface area contributed by atoms with Gasteiger partial charge in [-0.2, -0.15) is 0 Å². The summed E-state index contributed by atoms with van der Waals surface area (Å²) in [4.78, 5) is 30.5. The van der Waals surface area contributed by atoms with Gasteiger partial charge < -0.3 is 15.4 Å². The van der Waals surface area contributed by atoms with E-state index in [2.05, 4.69) is 29.2 Å². The van der Waals surface area contributed by atoms with E-state index in [1.165, 1.54) is 13.8 Å². The third-order valence-corrected chi connectivity index (χ3v) is 2.80. The van der Waals surface area contributed by atoms with Crippen molar-refractivity contribution in [1.82, 2.24) is 10.6 Å². The third kappa shape index (κ3) is 8.31. The van der Waals surface area contributed by atoms with Crippen LogP contribution in [0.25, 0.3) is 0 Å². The molecule has 1 heterocycles. The van der Waals surface area contributed by atoms with E-state index in [4.69, 9.17) is 0 Å². The van der Waals surface area contributed by atoms with Crippen LogP contribution >= 0.6 is 0 Å². The Morgan fingerprint density at radius 3 is 2.00 bits per heavy atom. The molecular weight excluding hydrogens is 248 g/mol. The average molecular weight is 272 g/mol. The fourth-order valence-electron chi connectivity index (χ4n) is 1.89. The van der Waals surface area contributed by atoms with Gasteiger partial charge in [0.25, 0.3) is 0 Å². The van der Waals surface area contributed by atoms with Gasteiger partial charge in [-0.25, -0.2) is 0 Å². The second-order valence-corrected chi connectivity index (χ2v) is 5.29. The average Bonchev–Trinajstić information content (AvgIpc) is 2.19. The van der Waals surface area contributed by atoms with Gasteiger partial charge in [0.05, 0.1) is 0 Å². The zero-order valence-electron chi connectivity index (χ0n) is 12.3. The Hall–Kier alpha value is -1.43. The summed E-state index contributed by atoms with van der Waals surface area (Å²) in [5.74, 6) is -1.05. The SMILES string of the molecule is CC(=O)NC1CCNCC1(C)C.CC(=O)OC(C)=O. The van der Waals surface area contributed by atoms with Crippen molar-refractivity contribution in [2.45, 2.75) is 47.1 Å². The molecule has 0 spiro atoms. The van der Waals surface area contributed by atoms with Crippen LogP contribution in [0, 0.1) is 5.41 Å². The molecule has 2 N–H and O–H groups in total. The van der Waals surface area contributed by atoms with Crippen LogP contribution in [0.3, 0.4) is 0 Å². The molecule has 1 rings (SSSR count). The zero-order valence-corrected chi connectivity index (χ0v) is 12.3. The van der Waals surface area contributed by atoms with Crippen LogP contribution in [0.15, 0.2) is 0 Å². The monoisotopic (exact) mass is 272 g/mol. The summed E-state index contributed by atoms with van der Waals surface area (Å²) in [6, 6.07) is 0.330. The van der Waals surface area contributed by atoms with E-state index in [0.29, 0.717) is 6.04 Å². The Kier molecular flexibility index (Phi) is 7.29. The van der Waals surface area contributed by atoms with E-state index >= 15 is 0 Å². The van der Waals surface area contributed by atoms with E-state index in [-0.39, 0.29) is 11.3 Å². The lowest BCUT2D eigenvalue weighted by Gasteiger charge is -2.39. The van der Waals surface area contributed by atoms with Gasteiger partial charge in [0.15, 0.2) is 0 Å². The summed E-state index contributed by atoms with van der Waals surface area (Å²) in [6.45, 7) is 10.3. The minimum absolute atomic E-state index is 0.0787. The molecule has 0 radical (unpaired) electrons. The molecule has 19 heavy (non-hydrogen) atoms. The van der Waals surface area contributed by atoms with Crippen molar-refractivity contribution in [3.63, 3.8) is 0 Å². The van der Waals surface area contributed by atoms with Crippen LogP contribution in [-0.4, -0.2) is 37.0 Å². The highest BCUT2D eigenvalue weighted by molar-refractivity contribution is 5.82. The quantitative estimate of drug-likeness (QED) is 0.539. The number of amides is 1. The number of ether oxygens (including phenoxy) is 1. The van der Waals surface area contributed by atoms with Crippen molar-refractivity contribution >= 4 is 17.8 Å². The molecule has 1 aliphatic rings. The predicted octanol–water partition coefficient (Wildman–Crippen LogP) is 0.607. The Labute approximate surface area is 114 Å². The molecule has 0 aromatic heterocycles. The molecule has 0 bridgehead atoms. The van der Waals surface area contributed by atoms with Gasteiger partial charge in [-0.05, 0) is 18.4 Å². The number of carbonyl (C=O) groups is 3. The molecule has 1 aliphatic heterocycles. The third-order valence-electron chi connectivity index (χ3n) is 2.80. The fourth-order valence-corrected chi connectivity index (χ4v) is 1.89. The topological polar surface area (TPSA) is 84.5 Å². The molecule has 0 saturated carbocycles. The predicted molar refractivity (Wildman–Crippen MR) is 71.3 cm³/mol. The maximum absolute atomic E-state index is 10.9. The summed E-state index contributed by atoms with van der Waals surface area (Å²) >= 11 is 0. The summed E-state index contributed by atoms with van der Waals surface area (Å²) in [7, 11) is 0. The molecule has 0 aliphatic carbocycles. The number of nitrogens with one attached hydrogen (secondary N) is 2. The molecule has 6 nitrogen and oxygen atoms in total. The van der Waals surface area contributed by atoms with E-state index < -0.39 is 11.9 Å². The van der Waals surface area contributed by atoms with Gasteiger partial charge in [0, 0.05) is 33.4 Å². The van der Waals surface area contributed by atoms with Crippen LogP contribution in [-0.2, 0) is 19.1 Å². The minimum Gasteiger partial charge on any atom is -0.394 e. The van der Waals surface area contributed by atoms with Crippen LogP contribution in [0.5, 0.6) is 0 Å². The maximum atomic E-state index is 10.9. The van der Waals surface area contributed by atoms with Crippen LogP contribution < -0.4 is 10.6 Å². The molecule has 0 aromatic carbocycles. The van der Waals surface area contributed by atoms with Gasteiger partial charge >= 0.3 is 11.9 Å². The van der Waals surface area contributed by atoms with Gasteiger partial charge in [-0.1, -0.05) is 13.8 Å². The molecule has 1 amide bonds. The maximum Gasteiger partial charge on any atom is 0.310 e. The molecular formula is C13H24N2O4. The molecule has 6 heteroatoms. The van der Waals surface area contributed by atoms with Crippen molar-refractivity contribution in [2.24, 2.45) is 5.41 Å². The molecule has 0 aromatic rings. The summed E-state index contributed by atoms with van der Waals surface area (Å²) in [6.07, 6.45) is 1.03. The first kappa shape index (κ1) is 17.6. The Morgan fingerprint density at radius 2 is 1.68 bits per heavy atom. The fraction of sp³-hybridized carbons (Fsp3) is 0.769. The number of hydrogen-bond donors (Lipinski definition) is 2. The Bertz CT molecular complexity index is 328. The van der Waals surface area contributed by atoms with Gasteiger partial charge in [0.1, 0.15) is 0 Å². The number of rotatable bonds is 1. The lowest BCUT2D eigenvalue weighted by molar-refractivity contribution is -0.156. The van der Waals surface area contributed by atoms with Gasteiger partial charge in [-0.3, -0.25) is 14.4 Å². The highest BCUT2D eigenvalue weighted by atomic mass is 16.6. The lowest BCUT2D eigenvalue weighted by Crippen LogP contribution is -2.53. The first-order valence-electron chi connectivity index (χ1n) is 6.32. The minimum atomic E-state index is -0.562. The smallest absolute Gasteiger partial charge is 0.310 e. The number of carbonyl (C=O) groups excluding carboxylic acids is 3. The highest BCUT2D eigenvalue weighted by Crippen LogP contribution is 2.24. The van der Waals surface area contributed by atoms with E-state index in [1.807, 2.05) is 0 Å². The summed E-state index contributed by atoms with van der Waals surface area (Å²) in [5.41, 5.74) is 0.184. The standard InChI is InChI=1S/C9H18N2O.C4H6O3/c1-7(12)11-8-4-5-10-6-9(8,2)3;1-3(5)7-4(2)6/h8,10H,4-6H2,1-3H3,(H,11,12);1-2H3. The molecule has 1 unspecified atom stereocenters. The van der Waals surface area contributed by atoms with Crippen LogP contribution in [0.2, 0.25) is 0 Å². The first-order valence-corrected chi connectivity index (χ1v) is 6.32. The van der Waals surface area contributed by atoms with Crippen molar-refractivity contribution in [1.29, 1.82) is 0 Å². The Balaban J connectivity index is 0.000000399. The van der Waals surface area contributed by atoms with E-state index in [0.717, 1.165) is 19.5 Å². The second-order valence-electron chi connectivity index (χ2n) is 5.29. The normalized spacial score (nSPS) is 20.6. The molecule has 1 fully saturated rings. The highest BCUT2D eigenvalue weighted by Gasteiger charge is 2.32. The second kappa shape index (κ2) is 7.89. The van der Waals surface area contributed by atoms with E-state index in [1.54, 1.807) is 6.92 Å². The van der Waals surface area contributed by atoms with Crippen molar-refractivity contribution in [2.75, 3.05) is 13.1 Å². The zero-order chi connectivity index (χ0) is 15.1. The summed E-state index contributed by atoms with van der Waals surface area (Å²) < 4.78 is 3.97. The largest absolute Gasteiger partial charge is 0.394 e. The van der Waals surface area contributed by atoms with Crippen molar-refractivity contribution in [3.05, 3.63) is 0 Å².